The molecule has 2 rings (SSSR count). The summed E-state index contributed by atoms with van der Waals surface area (Å²) in [5.74, 6) is 0. The number of rotatable bonds is 3. The highest BCUT2D eigenvalue weighted by Gasteiger charge is 2.31. The van der Waals surface area contributed by atoms with Gasteiger partial charge >= 0.3 is 0 Å². The topological polar surface area (TPSA) is 15.3 Å². The van der Waals surface area contributed by atoms with Gasteiger partial charge in [-0.15, -0.1) is 0 Å². The molecule has 1 N–H and O–H groups in total. The summed E-state index contributed by atoms with van der Waals surface area (Å²) in [6.45, 7) is 2.62. The molecule has 0 amide bonds. The Morgan fingerprint density at radius 1 is 1.27 bits per heavy atom. The average Bonchev–Trinajstić information content (AvgIpc) is 2.78. The van der Waals surface area contributed by atoms with Crippen molar-refractivity contribution in [3.63, 3.8) is 0 Å². The third kappa shape index (κ3) is 2.89. The molecular weight excluding hydrogens is 204 g/mol. The summed E-state index contributed by atoms with van der Waals surface area (Å²) < 4.78 is 0. The second-order valence-electron chi connectivity index (χ2n) is 4.95. The molecule has 3 atom stereocenters. The van der Waals surface area contributed by atoms with Crippen LogP contribution in [0.3, 0.4) is 0 Å². The van der Waals surface area contributed by atoms with Crippen molar-refractivity contribution in [2.75, 3.05) is 26.4 Å². The molecular formula is C12H24N2S. The van der Waals surface area contributed by atoms with E-state index in [2.05, 4.69) is 35.3 Å². The Kier molecular flexibility index (Phi) is 4.35. The maximum Gasteiger partial charge on any atom is 0.0192 e. The monoisotopic (exact) mass is 228 g/mol. The molecule has 0 bridgehead atoms. The summed E-state index contributed by atoms with van der Waals surface area (Å²) in [7, 11) is 2.10. The van der Waals surface area contributed by atoms with Gasteiger partial charge in [-0.3, -0.25) is 4.90 Å². The number of likely N-dealkylation sites (N-methyl/N-ethyl adjacent to an activating group) is 1. The lowest BCUT2D eigenvalue weighted by molar-refractivity contribution is 0.142. The van der Waals surface area contributed by atoms with E-state index in [-0.39, 0.29) is 0 Å². The summed E-state index contributed by atoms with van der Waals surface area (Å²) in [6.07, 6.45) is 9.31. The summed E-state index contributed by atoms with van der Waals surface area (Å²) in [5.41, 5.74) is 0. The van der Waals surface area contributed by atoms with Crippen LogP contribution in [0.5, 0.6) is 0 Å². The number of thioether (sulfide) groups is 1. The molecule has 0 aromatic carbocycles. The number of nitrogens with zero attached hydrogens (tertiary/aromatic N) is 1. The molecule has 3 unspecified atom stereocenters. The fourth-order valence-corrected chi connectivity index (χ4v) is 3.82. The molecule has 1 aliphatic heterocycles. The quantitative estimate of drug-likeness (QED) is 0.795. The second-order valence-corrected chi connectivity index (χ2v) is 6.09. The van der Waals surface area contributed by atoms with Gasteiger partial charge in [-0.05, 0) is 52.0 Å². The van der Waals surface area contributed by atoms with Gasteiger partial charge in [-0.2, -0.15) is 11.8 Å². The smallest absolute Gasteiger partial charge is 0.0192 e. The van der Waals surface area contributed by atoms with Crippen molar-refractivity contribution in [3.05, 3.63) is 0 Å². The van der Waals surface area contributed by atoms with Crippen molar-refractivity contribution in [3.8, 4) is 0 Å². The average molecular weight is 228 g/mol. The standard InChI is InChI=1S/C12H24N2S/c1-13-10-4-3-7-14(9-10)11-5-6-12(8-11)15-2/h10-13H,3-9H2,1-2H3. The summed E-state index contributed by atoms with van der Waals surface area (Å²) >= 11 is 2.06. The van der Waals surface area contributed by atoms with Gasteiger partial charge in [0.25, 0.3) is 0 Å². The van der Waals surface area contributed by atoms with Gasteiger partial charge in [0.2, 0.25) is 0 Å². The zero-order valence-electron chi connectivity index (χ0n) is 10.0. The van der Waals surface area contributed by atoms with E-state index in [1.54, 1.807) is 0 Å². The van der Waals surface area contributed by atoms with Crippen molar-refractivity contribution in [2.45, 2.75) is 49.4 Å². The van der Waals surface area contributed by atoms with Gasteiger partial charge in [0.05, 0.1) is 0 Å². The minimum atomic E-state index is 0.743. The van der Waals surface area contributed by atoms with E-state index >= 15 is 0 Å². The molecule has 15 heavy (non-hydrogen) atoms. The normalized spacial score (nSPS) is 38.4. The lowest BCUT2D eigenvalue weighted by atomic mass is 10.0. The Morgan fingerprint density at radius 3 is 2.80 bits per heavy atom. The molecule has 0 spiro atoms. The number of likely N-dealkylation sites (tertiary alicyclic amines) is 1. The van der Waals surface area contributed by atoms with Crippen molar-refractivity contribution in [2.24, 2.45) is 0 Å². The molecule has 0 radical (unpaired) electrons. The van der Waals surface area contributed by atoms with Crippen molar-refractivity contribution < 1.29 is 0 Å². The Labute approximate surface area is 98.2 Å². The Bertz CT molecular complexity index is 198. The van der Waals surface area contributed by atoms with Crippen LogP contribution >= 0.6 is 11.8 Å². The van der Waals surface area contributed by atoms with E-state index in [0.717, 1.165) is 17.3 Å². The van der Waals surface area contributed by atoms with Crippen LogP contribution in [0.25, 0.3) is 0 Å². The summed E-state index contributed by atoms with van der Waals surface area (Å²) in [4.78, 5) is 2.74. The Morgan fingerprint density at radius 2 is 2.13 bits per heavy atom. The van der Waals surface area contributed by atoms with Gasteiger partial charge < -0.3 is 5.32 Å². The van der Waals surface area contributed by atoms with E-state index in [9.17, 15) is 0 Å². The maximum absolute atomic E-state index is 3.44. The molecule has 3 heteroatoms. The second kappa shape index (κ2) is 5.55. The molecule has 0 aromatic heterocycles. The number of hydrogen-bond acceptors (Lipinski definition) is 3. The third-order valence-electron chi connectivity index (χ3n) is 4.07. The maximum atomic E-state index is 3.44. The highest BCUT2D eigenvalue weighted by molar-refractivity contribution is 7.99. The lowest BCUT2D eigenvalue weighted by Crippen LogP contribution is -2.48. The van der Waals surface area contributed by atoms with Crippen molar-refractivity contribution >= 4 is 11.8 Å². The Balaban J connectivity index is 1.83. The summed E-state index contributed by atoms with van der Waals surface area (Å²) in [5, 5.41) is 4.37. The van der Waals surface area contributed by atoms with Crippen LogP contribution in [0.1, 0.15) is 32.1 Å². The molecule has 2 nitrogen and oxygen atoms in total. The molecule has 1 saturated carbocycles. The Hall–Kier alpha value is 0.270. The predicted molar refractivity (Wildman–Crippen MR) is 68.6 cm³/mol. The first-order chi connectivity index (χ1) is 7.33. The van der Waals surface area contributed by atoms with E-state index in [1.165, 1.54) is 45.2 Å². The van der Waals surface area contributed by atoms with Crippen LogP contribution in [0.15, 0.2) is 0 Å². The van der Waals surface area contributed by atoms with Crippen molar-refractivity contribution in [1.82, 2.24) is 10.2 Å². The molecule has 1 heterocycles. The van der Waals surface area contributed by atoms with Gasteiger partial charge in [-0.1, -0.05) is 0 Å². The zero-order chi connectivity index (χ0) is 10.7. The highest BCUT2D eigenvalue weighted by atomic mass is 32.2. The van der Waals surface area contributed by atoms with Gasteiger partial charge in [-0.25, -0.2) is 0 Å². The largest absolute Gasteiger partial charge is 0.316 e. The molecule has 1 saturated heterocycles. The van der Waals surface area contributed by atoms with Gasteiger partial charge in [0.15, 0.2) is 0 Å². The zero-order valence-corrected chi connectivity index (χ0v) is 10.9. The molecule has 88 valence electrons. The fourth-order valence-electron chi connectivity index (χ4n) is 3.04. The van der Waals surface area contributed by atoms with E-state index in [0.29, 0.717) is 0 Å². The van der Waals surface area contributed by atoms with E-state index in [4.69, 9.17) is 0 Å². The van der Waals surface area contributed by atoms with Crippen LogP contribution < -0.4 is 5.32 Å². The molecule has 2 aliphatic rings. The van der Waals surface area contributed by atoms with Crippen LogP contribution in [-0.2, 0) is 0 Å². The van der Waals surface area contributed by atoms with Gasteiger partial charge in [0, 0.05) is 23.9 Å². The minimum Gasteiger partial charge on any atom is -0.316 e. The van der Waals surface area contributed by atoms with Gasteiger partial charge in [0.1, 0.15) is 0 Å². The van der Waals surface area contributed by atoms with Crippen molar-refractivity contribution in [1.29, 1.82) is 0 Å². The van der Waals surface area contributed by atoms with E-state index in [1.807, 2.05) is 0 Å². The first-order valence-corrected chi connectivity index (χ1v) is 7.56. The predicted octanol–water partition coefficient (Wildman–Crippen LogP) is 1.95. The van der Waals surface area contributed by atoms with E-state index < -0.39 is 0 Å². The number of piperidine rings is 1. The fraction of sp³-hybridized carbons (Fsp3) is 1.00. The molecule has 2 fully saturated rings. The third-order valence-corrected chi connectivity index (χ3v) is 5.16. The number of hydrogen-bond donors (Lipinski definition) is 1. The first-order valence-electron chi connectivity index (χ1n) is 6.27. The molecule has 0 aromatic rings. The lowest BCUT2D eigenvalue weighted by Gasteiger charge is -2.36. The number of nitrogens with one attached hydrogen (secondary N) is 1. The minimum absolute atomic E-state index is 0.743. The first kappa shape index (κ1) is 11.7. The van der Waals surface area contributed by atoms with Crippen LogP contribution in [-0.4, -0.2) is 48.6 Å². The highest BCUT2D eigenvalue weighted by Crippen LogP contribution is 2.32. The van der Waals surface area contributed by atoms with Crippen LogP contribution in [0, 0.1) is 0 Å². The SMILES string of the molecule is CNC1CCCN(C2CCC(SC)C2)C1. The van der Waals surface area contributed by atoms with Crippen LogP contribution in [0.2, 0.25) is 0 Å². The van der Waals surface area contributed by atoms with Crippen LogP contribution in [0.4, 0.5) is 0 Å². The summed E-state index contributed by atoms with van der Waals surface area (Å²) in [6, 6.07) is 1.63. The molecule has 1 aliphatic carbocycles.